The molecule has 0 unspecified atom stereocenters. The van der Waals surface area contributed by atoms with Gasteiger partial charge in [0.2, 0.25) is 0 Å². The number of hydrogen-bond donors (Lipinski definition) is 0. The number of fused-ring (bicyclic) bond motifs is 5. The van der Waals surface area contributed by atoms with E-state index in [0.29, 0.717) is 27.4 Å². The first kappa shape index (κ1) is 21.5. The monoisotopic (exact) mass is 483 g/mol. The third-order valence-corrected chi connectivity index (χ3v) is 7.14. The van der Waals surface area contributed by atoms with E-state index in [0.717, 1.165) is 32.6 Å². The molecule has 0 fully saturated rings. The predicted molar refractivity (Wildman–Crippen MR) is 138 cm³/mol. The number of benzene rings is 3. The van der Waals surface area contributed by atoms with Crippen molar-refractivity contribution in [1.82, 2.24) is 13.7 Å². The molecule has 2 aromatic heterocycles. The molecule has 6 nitrogen and oxygen atoms in total. The molecule has 1 aliphatic heterocycles. The summed E-state index contributed by atoms with van der Waals surface area (Å²) < 4.78 is 11.3. The molecular weight excluding hydrogens is 462 g/mol. The summed E-state index contributed by atoms with van der Waals surface area (Å²) in [5, 5.41) is 1.01. The van der Waals surface area contributed by atoms with Gasteiger partial charge in [0.1, 0.15) is 5.75 Å². The van der Waals surface area contributed by atoms with Gasteiger partial charge in [-0.15, -0.1) is 0 Å². The SMILES string of the molecule is Cc1ccccc1-c1c2c(=O)n(C)c(=O)n(C)c2c2n1-c1ccccc1O[C@@H]2c1ccccc1Cl. The Balaban J connectivity index is 1.90. The van der Waals surface area contributed by atoms with Crippen molar-refractivity contribution in [1.29, 1.82) is 0 Å². The number of hydrogen-bond acceptors (Lipinski definition) is 3. The largest absolute Gasteiger partial charge is 0.477 e. The molecule has 6 rings (SSSR count). The van der Waals surface area contributed by atoms with Gasteiger partial charge in [-0.3, -0.25) is 13.9 Å². The van der Waals surface area contributed by atoms with E-state index in [-0.39, 0.29) is 5.56 Å². The van der Waals surface area contributed by atoms with Crippen molar-refractivity contribution in [3.05, 3.63) is 115 Å². The van der Waals surface area contributed by atoms with Gasteiger partial charge in [-0.25, -0.2) is 4.79 Å². The van der Waals surface area contributed by atoms with Crippen LogP contribution in [0, 0.1) is 6.92 Å². The van der Waals surface area contributed by atoms with Gasteiger partial charge in [0.05, 0.1) is 28.0 Å². The van der Waals surface area contributed by atoms with E-state index >= 15 is 0 Å². The van der Waals surface area contributed by atoms with E-state index in [1.165, 1.54) is 11.6 Å². The number of rotatable bonds is 2. The summed E-state index contributed by atoms with van der Waals surface area (Å²) in [6.07, 6.45) is -0.628. The minimum absolute atomic E-state index is 0.348. The Morgan fingerprint density at radius 1 is 0.857 bits per heavy atom. The third-order valence-electron chi connectivity index (χ3n) is 6.80. The van der Waals surface area contributed by atoms with Crippen LogP contribution < -0.4 is 16.0 Å². The predicted octanol–water partition coefficient (Wildman–Crippen LogP) is 5.14. The standard InChI is InChI=1S/C28H22ClN3O3/c1-16-10-4-5-11-17(16)23-22-24(30(2)28(34)31(3)27(22)33)25-26(18-12-6-7-13-19(18)29)35-21-15-9-8-14-20(21)32(23)25/h4-15,26H,1-3H3/t26-/m1/s1. The summed E-state index contributed by atoms with van der Waals surface area (Å²) in [5.74, 6) is 0.668. The van der Waals surface area contributed by atoms with Gasteiger partial charge in [0.25, 0.3) is 5.56 Å². The van der Waals surface area contributed by atoms with Crippen LogP contribution in [0.2, 0.25) is 5.02 Å². The van der Waals surface area contributed by atoms with Gasteiger partial charge in [-0.2, -0.15) is 0 Å². The average Bonchev–Trinajstić information content (AvgIpc) is 3.23. The fourth-order valence-corrected chi connectivity index (χ4v) is 5.34. The van der Waals surface area contributed by atoms with Crippen LogP contribution in [-0.4, -0.2) is 13.7 Å². The molecule has 5 aromatic rings. The van der Waals surface area contributed by atoms with Crippen molar-refractivity contribution in [2.45, 2.75) is 13.0 Å². The van der Waals surface area contributed by atoms with Crippen LogP contribution >= 0.6 is 11.6 Å². The highest BCUT2D eigenvalue weighted by atomic mass is 35.5. The smallest absolute Gasteiger partial charge is 0.331 e. The van der Waals surface area contributed by atoms with Crippen LogP contribution in [0.1, 0.15) is 22.9 Å². The molecule has 0 saturated heterocycles. The van der Waals surface area contributed by atoms with E-state index < -0.39 is 11.8 Å². The van der Waals surface area contributed by atoms with Crippen molar-refractivity contribution in [3.8, 4) is 22.7 Å². The lowest BCUT2D eigenvalue weighted by atomic mass is 10.0. The highest BCUT2D eigenvalue weighted by molar-refractivity contribution is 6.31. The van der Waals surface area contributed by atoms with Gasteiger partial charge in [-0.05, 0) is 30.7 Å². The zero-order chi connectivity index (χ0) is 24.4. The lowest BCUT2D eigenvalue weighted by Crippen LogP contribution is -2.37. The molecule has 0 saturated carbocycles. The van der Waals surface area contributed by atoms with Crippen molar-refractivity contribution in [2.24, 2.45) is 14.1 Å². The Morgan fingerprint density at radius 2 is 1.54 bits per heavy atom. The number of halogens is 1. The van der Waals surface area contributed by atoms with E-state index in [4.69, 9.17) is 16.3 Å². The number of para-hydroxylation sites is 2. The van der Waals surface area contributed by atoms with Crippen LogP contribution in [0.25, 0.3) is 27.8 Å². The van der Waals surface area contributed by atoms with Crippen LogP contribution in [0.15, 0.2) is 82.4 Å². The molecular formula is C28H22ClN3O3. The minimum atomic E-state index is -0.628. The highest BCUT2D eigenvalue weighted by Gasteiger charge is 2.37. The maximum atomic E-state index is 13.7. The first-order valence-electron chi connectivity index (χ1n) is 11.3. The third kappa shape index (κ3) is 2.96. The summed E-state index contributed by atoms with van der Waals surface area (Å²) in [5.41, 5.74) is 4.71. The molecule has 0 bridgehead atoms. The van der Waals surface area contributed by atoms with E-state index in [2.05, 4.69) is 4.57 Å². The van der Waals surface area contributed by atoms with Crippen molar-refractivity contribution in [2.75, 3.05) is 0 Å². The van der Waals surface area contributed by atoms with Crippen LogP contribution in [0.3, 0.4) is 0 Å². The fourth-order valence-electron chi connectivity index (χ4n) is 5.10. The van der Waals surface area contributed by atoms with Crippen LogP contribution in [0.4, 0.5) is 0 Å². The Bertz CT molecular complexity index is 1780. The fraction of sp³-hybridized carbons (Fsp3) is 0.143. The average molecular weight is 484 g/mol. The molecule has 3 aromatic carbocycles. The van der Waals surface area contributed by atoms with Gasteiger partial charge in [-0.1, -0.05) is 66.2 Å². The Kier molecular flexibility index (Phi) is 4.76. The maximum Gasteiger partial charge on any atom is 0.331 e. The van der Waals surface area contributed by atoms with Gasteiger partial charge >= 0.3 is 5.69 Å². The second-order valence-electron chi connectivity index (χ2n) is 8.80. The second-order valence-corrected chi connectivity index (χ2v) is 9.21. The number of nitrogens with zero attached hydrogens (tertiary/aromatic N) is 3. The first-order valence-corrected chi connectivity index (χ1v) is 11.7. The van der Waals surface area contributed by atoms with Gasteiger partial charge < -0.3 is 9.30 Å². The molecule has 1 aliphatic rings. The molecule has 0 amide bonds. The maximum absolute atomic E-state index is 13.7. The van der Waals surface area contributed by atoms with E-state index in [1.807, 2.05) is 79.7 Å². The quantitative estimate of drug-likeness (QED) is 0.349. The zero-order valence-corrected chi connectivity index (χ0v) is 20.2. The lowest BCUT2D eigenvalue weighted by Gasteiger charge is -2.30. The molecule has 0 aliphatic carbocycles. The summed E-state index contributed by atoms with van der Waals surface area (Å²) in [6, 6.07) is 23.2. The van der Waals surface area contributed by atoms with Crippen LogP contribution in [0.5, 0.6) is 5.75 Å². The first-order chi connectivity index (χ1) is 16.9. The number of aryl methyl sites for hydroxylation is 2. The topological polar surface area (TPSA) is 58.2 Å². The number of aromatic nitrogens is 3. The minimum Gasteiger partial charge on any atom is -0.477 e. The Morgan fingerprint density at radius 3 is 2.31 bits per heavy atom. The van der Waals surface area contributed by atoms with Crippen molar-refractivity contribution in [3.63, 3.8) is 0 Å². The van der Waals surface area contributed by atoms with E-state index in [1.54, 1.807) is 7.05 Å². The summed E-state index contributed by atoms with van der Waals surface area (Å²) >= 11 is 6.66. The molecule has 3 heterocycles. The van der Waals surface area contributed by atoms with E-state index in [9.17, 15) is 9.59 Å². The van der Waals surface area contributed by atoms with Gasteiger partial charge in [0.15, 0.2) is 6.10 Å². The summed E-state index contributed by atoms with van der Waals surface area (Å²) in [6.45, 7) is 2.02. The Labute approximate surface area is 206 Å². The molecule has 0 spiro atoms. The van der Waals surface area contributed by atoms with Crippen molar-refractivity contribution >= 4 is 22.5 Å². The molecule has 35 heavy (non-hydrogen) atoms. The molecule has 0 N–H and O–H groups in total. The summed E-state index contributed by atoms with van der Waals surface area (Å²) in [7, 11) is 3.20. The van der Waals surface area contributed by atoms with Crippen LogP contribution in [-0.2, 0) is 14.1 Å². The zero-order valence-electron chi connectivity index (χ0n) is 19.4. The lowest BCUT2D eigenvalue weighted by molar-refractivity contribution is 0.229. The summed E-state index contributed by atoms with van der Waals surface area (Å²) in [4.78, 5) is 26.8. The van der Waals surface area contributed by atoms with Gasteiger partial charge in [0, 0.05) is 30.2 Å². The molecule has 174 valence electrons. The Hall–Kier alpha value is -4.03. The highest BCUT2D eigenvalue weighted by Crippen LogP contribution is 2.47. The second kappa shape index (κ2) is 7.75. The number of ether oxygens (including phenoxy) is 1. The molecule has 0 radical (unpaired) electrons. The normalized spacial score (nSPS) is 14.5. The van der Waals surface area contributed by atoms with Crippen molar-refractivity contribution < 1.29 is 4.74 Å². The molecule has 7 heteroatoms. The molecule has 1 atom stereocenters.